The molecule has 1 heterocycles. The van der Waals surface area contributed by atoms with Crippen molar-refractivity contribution in [2.24, 2.45) is 5.11 Å². The van der Waals surface area contributed by atoms with E-state index in [2.05, 4.69) is 10.0 Å². The summed E-state index contributed by atoms with van der Waals surface area (Å²) < 4.78 is 10.5. The molecule has 1 aromatic heterocycles. The molecule has 0 saturated carbocycles. The lowest BCUT2D eigenvalue weighted by Crippen LogP contribution is -2.28. The molecule has 0 aliphatic rings. The molecule has 0 aliphatic carbocycles. The number of carbonyl (C=O) groups is 1. The fourth-order valence-corrected chi connectivity index (χ4v) is 1.74. The molecule has 0 radical (unpaired) electrons. The number of carboxylic acid groups (broad SMARTS) is 1. The van der Waals surface area contributed by atoms with Crippen LogP contribution in [0.2, 0.25) is 0 Å². The Kier molecular flexibility index (Phi) is 3.90. The van der Waals surface area contributed by atoms with Crippen LogP contribution < -0.4 is 9.84 Å². The fraction of sp³-hybridized carbons (Fsp3) is 0.250. The van der Waals surface area contributed by atoms with Crippen LogP contribution in [-0.4, -0.2) is 19.1 Å². The summed E-state index contributed by atoms with van der Waals surface area (Å²) in [6.07, 6.45) is 2.09. The Labute approximate surface area is 108 Å². The number of aliphatic carboxylic acids is 1. The summed E-state index contributed by atoms with van der Waals surface area (Å²) >= 11 is 0. The Morgan fingerprint density at radius 2 is 2.37 bits per heavy atom. The molecule has 2 aromatic rings. The quantitative estimate of drug-likeness (QED) is 0.444. The van der Waals surface area contributed by atoms with Gasteiger partial charge in [-0.1, -0.05) is 17.2 Å². The number of azide groups is 1. The zero-order chi connectivity index (χ0) is 13.7. The van der Waals surface area contributed by atoms with Crippen molar-refractivity contribution in [2.75, 3.05) is 13.2 Å². The summed E-state index contributed by atoms with van der Waals surface area (Å²) in [5, 5.41) is 14.6. The van der Waals surface area contributed by atoms with Gasteiger partial charge in [0.25, 0.3) is 0 Å². The molecule has 0 amide bonds. The second kappa shape index (κ2) is 5.79. The lowest BCUT2D eigenvalue weighted by atomic mass is 10.1. The van der Waals surface area contributed by atoms with Gasteiger partial charge in [0.2, 0.25) is 0 Å². The molecule has 1 aromatic carbocycles. The minimum Gasteiger partial charge on any atom is -0.546 e. The molecule has 0 fully saturated rings. The van der Waals surface area contributed by atoms with Crippen molar-refractivity contribution in [3.05, 3.63) is 40.5 Å². The number of fused-ring (bicyclic) bond motifs is 1. The van der Waals surface area contributed by atoms with Crippen LogP contribution in [0.4, 0.5) is 0 Å². The van der Waals surface area contributed by atoms with Gasteiger partial charge in [0, 0.05) is 16.8 Å². The number of para-hydroxylation sites is 1. The highest BCUT2D eigenvalue weighted by Gasteiger charge is 2.10. The molecule has 0 saturated heterocycles. The Bertz CT molecular complexity index is 643. The first kappa shape index (κ1) is 12.8. The van der Waals surface area contributed by atoms with E-state index in [0.717, 1.165) is 10.9 Å². The van der Waals surface area contributed by atoms with Crippen molar-refractivity contribution >= 4 is 16.9 Å². The average Bonchev–Trinajstić information content (AvgIpc) is 2.80. The van der Waals surface area contributed by atoms with Crippen LogP contribution in [-0.2, 0) is 11.2 Å². The minimum atomic E-state index is -1.30. The third-order valence-corrected chi connectivity index (χ3v) is 2.53. The summed E-state index contributed by atoms with van der Waals surface area (Å²) in [4.78, 5) is 13.1. The number of carbonyl (C=O) groups excluding carboxylic acids is 1. The highest BCUT2D eigenvalue weighted by atomic mass is 16.5. The fourth-order valence-electron chi connectivity index (χ4n) is 1.74. The number of hydrogen-bond acceptors (Lipinski definition) is 5. The van der Waals surface area contributed by atoms with E-state index in [9.17, 15) is 9.90 Å². The summed E-state index contributed by atoms with van der Waals surface area (Å²) in [5.74, 6) is -0.955. The summed E-state index contributed by atoms with van der Waals surface area (Å²) in [6, 6.07) is 5.18. The smallest absolute Gasteiger partial charge is 0.175 e. The predicted octanol–water partition coefficient (Wildman–Crippen LogP) is 1.41. The number of hydrogen-bond donors (Lipinski definition) is 0. The summed E-state index contributed by atoms with van der Waals surface area (Å²) in [7, 11) is 0. The monoisotopic (exact) mass is 260 g/mol. The van der Waals surface area contributed by atoms with E-state index in [4.69, 9.17) is 14.7 Å². The largest absolute Gasteiger partial charge is 0.546 e. The standard InChI is InChI=1S/C12H11N3O4/c13-15-14-5-4-8-6-19-12-9(8)2-1-3-10(12)18-7-11(16)17/h1-3,6H,4-5,7H2,(H,16,17)/p-1. The lowest BCUT2D eigenvalue weighted by Gasteiger charge is -2.06. The van der Waals surface area contributed by atoms with Crippen LogP contribution in [0.25, 0.3) is 21.4 Å². The second-order valence-corrected chi connectivity index (χ2v) is 3.76. The summed E-state index contributed by atoms with van der Waals surface area (Å²) in [5.41, 5.74) is 9.58. The van der Waals surface area contributed by atoms with Crippen molar-refractivity contribution in [1.29, 1.82) is 0 Å². The Morgan fingerprint density at radius 3 is 3.11 bits per heavy atom. The highest BCUT2D eigenvalue weighted by molar-refractivity contribution is 5.86. The van der Waals surface area contributed by atoms with Crippen LogP contribution in [0.1, 0.15) is 5.56 Å². The number of carboxylic acids is 1. The molecule has 0 atom stereocenters. The molecule has 2 rings (SSSR count). The molecule has 0 N–H and O–H groups in total. The van der Waals surface area contributed by atoms with Crippen molar-refractivity contribution in [3.63, 3.8) is 0 Å². The van der Waals surface area contributed by atoms with Crippen LogP contribution in [0.15, 0.2) is 34.0 Å². The van der Waals surface area contributed by atoms with E-state index in [1.165, 1.54) is 0 Å². The van der Waals surface area contributed by atoms with Gasteiger partial charge < -0.3 is 19.1 Å². The van der Waals surface area contributed by atoms with Crippen LogP contribution in [0.5, 0.6) is 5.75 Å². The van der Waals surface area contributed by atoms with Crippen LogP contribution in [0.3, 0.4) is 0 Å². The van der Waals surface area contributed by atoms with E-state index in [1.807, 2.05) is 6.07 Å². The van der Waals surface area contributed by atoms with Crippen molar-refractivity contribution in [2.45, 2.75) is 6.42 Å². The van der Waals surface area contributed by atoms with Crippen molar-refractivity contribution in [3.8, 4) is 5.75 Å². The topological polar surface area (TPSA) is 111 Å². The highest BCUT2D eigenvalue weighted by Crippen LogP contribution is 2.30. The first-order valence-electron chi connectivity index (χ1n) is 5.55. The third kappa shape index (κ3) is 2.97. The molecule has 98 valence electrons. The van der Waals surface area contributed by atoms with Crippen LogP contribution >= 0.6 is 0 Å². The predicted molar refractivity (Wildman–Crippen MR) is 64.4 cm³/mol. The normalized spacial score (nSPS) is 10.1. The van der Waals surface area contributed by atoms with Crippen molar-refractivity contribution in [1.82, 2.24) is 0 Å². The van der Waals surface area contributed by atoms with Gasteiger partial charge in [-0.3, -0.25) is 0 Å². The Morgan fingerprint density at radius 1 is 1.53 bits per heavy atom. The van der Waals surface area contributed by atoms with E-state index < -0.39 is 12.6 Å². The molecule has 0 spiro atoms. The van der Waals surface area contributed by atoms with Gasteiger partial charge in [0.1, 0.15) is 6.61 Å². The van der Waals surface area contributed by atoms with E-state index in [-0.39, 0.29) is 0 Å². The molecule has 7 heteroatoms. The van der Waals surface area contributed by atoms with Gasteiger partial charge in [-0.05, 0) is 23.6 Å². The van der Waals surface area contributed by atoms with E-state index in [1.54, 1.807) is 18.4 Å². The molecule has 19 heavy (non-hydrogen) atoms. The minimum absolute atomic E-state index is 0.329. The lowest BCUT2D eigenvalue weighted by molar-refractivity contribution is -0.307. The molecular formula is C12H10N3O4-. The average molecular weight is 260 g/mol. The first-order chi connectivity index (χ1) is 9.22. The van der Waals surface area contributed by atoms with Crippen molar-refractivity contribution < 1.29 is 19.1 Å². The molecule has 0 aliphatic heterocycles. The van der Waals surface area contributed by atoms with Gasteiger partial charge in [0.15, 0.2) is 11.3 Å². The zero-order valence-corrected chi connectivity index (χ0v) is 9.91. The van der Waals surface area contributed by atoms with Crippen LogP contribution in [0, 0.1) is 0 Å². The number of nitrogens with zero attached hydrogens (tertiary/aromatic N) is 3. The molecule has 0 unspecified atom stereocenters. The van der Waals surface area contributed by atoms with E-state index in [0.29, 0.717) is 24.3 Å². The third-order valence-electron chi connectivity index (χ3n) is 2.53. The molecule has 7 nitrogen and oxygen atoms in total. The summed E-state index contributed by atoms with van der Waals surface area (Å²) in [6.45, 7) is -0.205. The van der Waals surface area contributed by atoms with Gasteiger partial charge in [-0.15, -0.1) is 0 Å². The first-order valence-corrected chi connectivity index (χ1v) is 5.55. The van der Waals surface area contributed by atoms with Gasteiger partial charge >= 0.3 is 0 Å². The number of rotatable bonds is 6. The molecular weight excluding hydrogens is 250 g/mol. The maximum absolute atomic E-state index is 10.4. The maximum Gasteiger partial charge on any atom is 0.175 e. The zero-order valence-electron chi connectivity index (χ0n) is 9.91. The van der Waals surface area contributed by atoms with Gasteiger partial charge in [0.05, 0.1) is 12.2 Å². The second-order valence-electron chi connectivity index (χ2n) is 3.76. The van der Waals surface area contributed by atoms with Gasteiger partial charge in [-0.25, -0.2) is 0 Å². The Hall–Kier alpha value is -2.66. The molecule has 0 bridgehead atoms. The number of furan rings is 1. The maximum atomic E-state index is 10.4. The number of ether oxygens (including phenoxy) is 1. The Balaban J connectivity index is 2.25. The van der Waals surface area contributed by atoms with Gasteiger partial charge in [-0.2, -0.15) is 0 Å². The SMILES string of the molecule is [N-]=[N+]=NCCc1coc2c(OCC(=O)[O-])cccc12. The number of benzene rings is 1. The van der Waals surface area contributed by atoms with E-state index >= 15 is 0 Å².